The average Bonchev–Trinajstić information content (AvgIpc) is 2.41. The van der Waals surface area contributed by atoms with E-state index in [-0.39, 0.29) is 40.6 Å². The Bertz CT molecular complexity index is 695. The Hall–Kier alpha value is -1.62. The van der Waals surface area contributed by atoms with Crippen molar-refractivity contribution >= 4 is 27.6 Å². The van der Waals surface area contributed by atoms with E-state index in [1.54, 1.807) is 6.92 Å². The number of sulfonamides is 1. The largest absolute Gasteiger partial charge is 0.478 e. The van der Waals surface area contributed by atoms with Crippen molar-refractivity contribution in [2.24, 2.45) is 0 Å². The van der Waals surface area contributed by atoms with Crippen LogP contribution in [0.1, 0.15) is 29.3 Å². The Morgan fingerprint density at radius 1 is 1.48 bits per heavy atom. The van der Waals surface area contributed by atoms with Gasteiger partial charge in [0.25, 0.3) is 0 Å². The number of benzene rings is 1. The molecule has 0 heterocycles. The Labute approximate surface area is 128 Å². The molecule has 8 heteroatoms. The van der Waals surface area contributed by atoms with Crippen LogP contribution < -0.4 is 0 Å². The van der Waals surface area contributed by atoms with E-state index in [2.05, 4.69) is 0 Å². The number of rotatable bonds is 6. The number of aromatic carboxylic acids is 1. The minimum absolute atomic E-state index is 0.0351. The molecule has 1 aromatic carbocycles. The van der Waals surface area contributed by atoms with Gasteiger partial charge in [0.1, 0.15) is 0 Å². The summed E-state index contributed by atoms with van der Waals surface area (Å²) in [6.07, 6.45) is 0.0540. The van der Waals surface area contributed by atoms with Crippen molar-refractivity contribution in [1.29, 1.82) is 5.26 Å². The summed E-state index contributed by atoms with van der Waals surface area (Å²) in [5.74, 6) is -1.24. The second-order valence-corrected chi connectivity index (χ2v) is 6.63. The number of hydrogen-bond acceptors (Lipinski definition) is 4. The highest BCUT2D eigenvalue weighted by Gasteiger charge is 2.27. The lowest BCUT2D eigenvalue weighted by atomic mass is 10.1. The fraction of sp³-hybridized carbons (Fsp3) is 0.385. The zero-order valence-electron chi connectivity index (χ0n) is 11.6. The number of carboxylic acids is 1. The van der Waals surface area contributed by atoms with Crippen molar-refractivity contribution < 1.29 is 18.3 Å². The van der Waals surface area contributed by atoms with E-state index in [1.165, 1.54) is 19.1 Å². The minimum atomic E-state index is -3.90. The van der Waals surface area contributed by atoms with Gasteiger partial charge in [0.2, 0.25) is 10.0 Å². The Balaban J connectivity index is 3.44. The van der Waals surface area contributed by atoms with Gasteiger partial charge in [-0.05, 0) is 24.6 Å². The molecule has 0 amide bonds. The lowest BCUT2D eigenvalue weighted by molar-refractivity contribution is 0.0696. The van der Waals surface area contributed by atoms with Gasteiger partial charge in [0, 0.05) is 24.5 Å². The molecule has 0 saturated carbocycles. The summed E-state index contributed by atoms with van der Waals surface area (Å²) in [6, 6.07) is 4.33. The molecule has 0 radical (unpaired) electrons. The molecule has 0 aliphatic rings. The zero-order valence-corrected chi connectivity index (χ0v) is 13.2. The van der Waals surface area contributed by atoms with Crippen molar-refractivity contribution in [2.45, 2.75) is 25.2 Å². The van der Waals surface area contributed by atoms with Crippen LogP contribution in [0, 0.1) is 18.3 Å². The monoisotopic (exact) mass is 330 g/mol. The van der Waals surface area contributed by atoms with Crippen LogP contribution in [-0.2, 0) is 10.0 Å². The van der Waals surface area contributed by atoms with Gasteiger partial charge >= 0.3 is 5.97 Å². The third kappa shape index (κ3) is 3.73. The topological polar surface area (TPSA) is 98.5 Å². The molecule has 0 aromatic heterocycles. The Kier molecular flexibility index (Phi) is 5.72. The molecule has 0 aliphatic heterocycles. The van der Waals surface area contributed by atoms with Crippen LogP contribution in [0.4, 0.5) is 0 Å². The number of carbonyl (C=O) groups is 1. The molecule has 0 fully saturated rings. The van der Waals surface area contributed by atoms with Crippen LogP contribution in [0.3, 0.4) is 0 Å². The second-order valence-electron chi connectivity index (χ2n) is 4.29. The predicted molar refractivity (Wildman–Crippen MR) is 77.8 cm³/mol. The molecule has 0 spiro atoms. The van der Waals surface area contributed by atoms with E-state index in [0.717, 1.165) is 4.31 Å². The van der Waals surface area contributed by atoms with E-state index >= 15 is 0 Å². The predicted octanol–water partition coefficient (Wildman–Crippen LogP) is 2.27. The van der Waals surface area contributed by atoms with Crippen LogP contribution in [-0.4, -0.2) is 36.9 Å². The van der Waals surface area contributed by atoms with Crippen LogP contribution in [0.25, 0.3) is 0 Å². The first-order valence-electron chi connectivity index (χ1n) is 6.16. The van der Waals surface area contributed by atoms with E-state index in [4.69, 9.17) is 22.0 Å². The molecule has 21 heavy (non-hydrogen) atoms. The van der Waals surface area contributed by atoms with Crippen LogP contribution in [0.15, 0.2) is 17.0 Å². The molecular formula is C13H15ClN2O4S. The van der Waals surface area contributed by atoms with Crippen LogP contribution >= 0.6 is 11.6 Å². The number of carboxylic acid groups (broad SMARTS) is 1. The SMILES string of the molecule is CCN(CCC#N)S(=O)(=O)c1cc(Cl)cc(C(=O)O)c1C. The van der Waals surface area contributed by atoms with E-state index in [0.29, 0.717) is 0 Å². The molecule has 1 aromatic rings. The molecule has 0 unspecified atom stereocenters. The average molecular weight is 331 g/mol. The van der Waals surface area contributed by atoms with Crippen molar-refractivity contribution in [3.63, 3.8) is 0 Å². The van der Waals surface area contributed by atoms with Crippen LogP contribution in [0.5, 0.6) is 0 Å². The highest BCUT2D eigenvalue weighted by atomic mass is 35.5. The third-order valence-corrected chi connectivity index (χ3v) is 5.32. The van der Waals surface area contributed by atoms with Gasteiger partial charge in [-0.15, -0.1) is 0 Å². The summed E-state index contributed by atoms with van der Waals surface area (Å²) in [7, 11) is -3.90. The highest BCUT2D eigenvalue weighted by Crippen LogP contribution is 2.27. The molecule has 6 nitrogen and oxygen atoms in total. The highest BCUT2D eigenvalue weighted by molar-refractivity contribution is 7.89. The summed E-state index contributed by atoms with van der Waals surface area (Å²) in [5, 5.41) is 17.7. The maximum Gasteiger partial charge on any atom is 0.336 e. The van der Waals surface area contributed by atoms with Crippen molar-refractivity contribution in [2.75, 3.05) is 13.1 Å². The first-order chi connectivity index (χ1) is 9.75. The van der Waals surface area contributed by atoms with E-state index < -0.39 is 16.0 Å². The molecule has 0 aliphatic carbocycles. The Morgan fingerprint density at radius 2 is 2.10 bits per heavy atom. The first-order valence-corrected chi connectivity index (χ1v) is 7.98. The molecule has 0 saturated heterocycles. The van der Waals surface area contributed by atoms with Gasteiger partial charge in [0.15, 0.2) is 0 Å². The van der Waals surface area contributed by atoms with E-state index in [9.17, 15) is 13.2 Å². The number of hydrogen-bond donors (Lipinski definition) is 1. The number of halogens is 1. The van der Waals surface area contributed by atoms with Crippen molar-refractivity contribution in [3.8, 4) is 6.07 Å². The maximum atomic E-state index is 12.6. The Morgan fingerprint density at radius 3 is 2.57 bits per heavy atom. The summed E-state index contributed by atoms with van der Waals surface area (Å²) in [5.41, 5.74) is -0.0280. The molecule has 0 bridgehead atoms. The smallest absolute Gasteiger partial charge is 0.336 e. The number of nitrogens with zero attached hydrogens (tertiary/aromatic N) is 2. The van der Waals surface area contributed by atoms with Gasteiger partial charge in [-0.25, -0.2) is 13.2 Å². The van der Waals surface area contributed by atoms with Crippen molar-refractivity contribution in [1.82, 2.24) is 4.31 Å². The molecular weight excluding hydrogens is 316 g/mol. The fourth-order valence-electron chi connectivity index (χ4n) is 1.91. The standard InChI is InChI=1S/C13H15ClN2O4S/c1-3-16(6-4-5-15)21(19,20)12-8-10(14)7-11(9(12)2)13(17)18/h7-8H,3-4,6H2,1-2H3,(H,17,18). The normalized spacial score (nSPS) is 11.4. The lowest BCUT2D eigenvalue weighted by Crippen LogP contribution is -2.32. The lowest BCUT2D eigenvalue weighted by Gasteiger charge is -2.21. The number of nitriles is 1. The third-order valence-electron chi connectivity index (χ3n) is 3.00. The van der Waals surface area contributed by atoms with E-state index in [1.807, 2.05) is 6.07 Å². The van der Waals surface area contributed by atoms with Crippen molar-refractivity contribution in [3.05, 3.63) is 28.3 Å². The van der Waals surface area contributed by atoms with Gasteiger partial charge in [-0.1, -0.05) is 18.5 Å². The summed E-state index contributed by atoms with van der Waals surface area (Å²) >= 11 is 5.83. The molecule has 1 N–H and O–H groups in total. The van der Waals surface area contributed by atoms with Gasteiger partial charge in [-0.3, -0.25) is 0 Å². The summed E-state index contributed by atoms with van der Waals surface area (Å²) in [4.78, 5) is 11.0. The van der Waals surface area contributed by atoms with Crippen LogP contribution in [0.2, 0.25) is 5.02 Å². The first kappa shape index (κ1) is 17.4. The quantitative estimate of drug-likeness (QED) is 0.862. The summed E-state index contributed by atoms with van der Waals surface area (Å²) < 4.78 is 26.3. The molecule has 1 rings (SSSR count). The second kappa shape index (κ2) is 6.89. The zero-order chi connectivity index (χ0) is 16.2. The van der Waals surface area contributed by atoms with Gasteiger partial charge in [0.05, 0.1) is 16.5 Å². The molecule has 0 atom stereocenters. The van der Waals surface area contributed by atoms with Gasteiger partial charge in [-0.2, -0.15) is 9.57 Å². The van der Waals surface area contributed by atoms with Gasteiger partial charge < -0.3 is 5.11 Å². The summed E-state index contributed by atoms with van der Waals surface area (Å²) in [6.45, 7) is 3.29. The minimum Gasteiger partial charge on any atom is -0.478 e. The molecule has 114 valence electrons. The fourth-order valence-corrected chi connectivity index (χ4v) is 3.91. The maximum absolute atomic E-state index is 12.6.